The lowest BCUT2D eigenvalue weighted by Gasteiger charge is -2.05. The summed E-state index contributed by atoms with van der Waals surface area (Å²) in [6, 6.07) is 10.8. The maximum atomic E-state index is 12.6. The summed E-state index contributed by atoms with van der Waals surface area (Å²) >= 11 is 9.46. The molecular formula is C17H12BrClO2. The number of hydrogen-bond acceptors (Lipinski definition) is 2. The molecule has 0 atom stereocenters. The van der Waals surface area contributed by atoms with E-state index in [1.54, 1.807) is 24.3 Å². The Labute approximate surface area is 135 Å². The van der Waals surface area contributed by atoms with E-state index in [0.717, 1.165) is 21.0 Å². The fourth-order valence-corrected chi connectivity index (χ4v) is 2.75. The zero-order chi connectivity index (χ0) is 15.1. The second-order valence-electron chi connectivity index (χ2n) is 5.05. The second kappa shape index (κ2) is 5.32. The Morgan fingerprint density at radius 2 is 1.76 bits per heavy atom. The van der Waals surface area contributed by atoms with Gasteiger partial charge in [-0.1, -0.05) is 27.5 Å². The van der Waals surface area contributed by atoms with Gasteiger partial charge in [0.25, 0.3) is 0 Å². The number of furan rings is 1. The molecule has 0 aliphatic heterocycles. The van der Waals surface area contributed by atoms with Gasteiger partial charge in [0.15, 0.2) is 5.76 Å². The number of hydrogen-bond donors (Lipinski definition) is 0. The van der Waals surface area contributed by atoms with Crippen LogP contribution < -0.4 is 0 Å². The van der Waals surface area contributed by atoms with Crippen molar-refractivity contribution >= 4 is 44.3 Å². The first-order chi connectivity index (χ1) is 9.95. The summed E-state index contributed by atoms with van der Waals surface area (Å²) in [6.07, 6.45) is 0. The third-order valence-electron chi connectivity index (χ3n) is 3.40. The van der Waals surface area contributed by atoms with E-state index in [1.807, 2.05) is 26.0 Å². The predicted octanol–water partition coefficient (Wildman–Crippen LogP) is 5.70. The largest absolute Gasteiger partial charge is 0.453 e. The molecule has 0 saturated heterocycles. The number of fused-ring (bicyclic) bond motifs is 1. The Balaban J connectivity index is 2.08. The highest BCUT2D eigenvalue weighted by Crippen LogP contribution is 2.27. The molecule has 1 aromatic heterocycles. The van der Waals surface area contributed by atoms with Gasteiger partial charge in [-0.05, 0) is 61.4 Å². The van der Waals surface area contributed by atoms with Crippen molar-refractivity contribution in [2.24, 2.45) is 0 Å². The normalized spacial score (nSPS) is 11.0. The van der Waals surface area contributed by atoms with Crippen LogP contribution in [0.1, 0.15) is 27.2 Å². The minimum Gasteiger partial charge on any atom is -0.453 e. The third kappa shape index (κ3) is 2.63. The van der Waals surface area contributed by atoms with Crippen LogP contribution in [0, 0.1) is 13.8 Å². The van der Waals surface area contributed by atoms with Crippen molar-refractivity contribution in [2.75, 3.05) is 0 Å². The average molecular weight is 364 g/mol. The molecule has 0 N–H and O–H groups in total. The van der Waals surface area contributed by atoms with E-state index in [2.05, 4.69) is 15.9 Å². The van der Waals surface area contributed by atoms with Gasteiger partial charge < -0.3 is 4.42 Å². The number of rotatable bonds is 2. The summed E-state index contributed by atoms with van der Waals surface area (Å²) in [7, 11) is 0. The minimum atomic E-state index is -0.124. The lowest BCUT2D eigenvalue weighted by Crippen LogP contribution is -2.01. The number of benzene rings is 2. The summed E-state index contributed by atoms with van der Waals surface area (Å²) in [5.41, 5.74) is 3.33. The van der Waals surface area contributed by atoms with E-state index < -0.39 is 0 Å². The van der Waals surface area contributed by atoms with Crippen molar-refractivity contribution < 1.29 is 9.21 Å². The highest BCUT2D eigenvalue weighted by atomic mass is 79.9. The van der Waals surface area contributed by atoms with Crippen molar-refractivity contribution in [1.29, 1.82) is 0 Å². The molecule has 0 amide bonds. The van der Waals surface area contributed by atoms with Crippen LogP contribution in [-0.4, -0.2) is 5.78 Å². The molecule has 3 aromatic rings. The molecule has 0 unspecified atom stereocenters. The molecule has 0 fully saturated rings. The van der Waals surface area contributed by atoms with E-state index >= 15 is 0 Å². The van der Waals surface area contributed by atoms with E-state index in [1.165, 1.54) is 0 Å². The number of aryl methyl sites for hydroxylation is 2. The Morgan fingerprint density at radius 1 is 1.10 bits per heavy atom. The third-order valence-corrected chi connectivity index (χ3v) is 4.89. The molecule has 0 saturated carbocycles. The van der Waals surface area contributed by atoms with Gasteiger partial charge in [-0.15, -0.1) is 0 Å². The SMILES string of the molecule is Cc1cc(C(=O)c2cc3cc(Cl)ccc3o2)cc(C)c1Br. The van der Waals surface area contributed by atoms with E-state index in [0.29, 0.717) is 21.9 Å². The summed E-state index contributed by atoms with van der Waals surface area (Å²) < 4.78 is 6.65. The molecule has 2 nitrogen and oxygen atoms in total. The predicted molar refractivity (Wildman–Crippen MR) is 88.3 cm³/mol. The van der Waals surface area contributed by atoms with Crippen molar-refractivity contribution in [3.63, 3.8) is 0 Å². The average Bonchev–Trinajstić information content (AvgIpc) is 2.86. The molecule has 2 aromatic carbocycles. The van der Waals surface area contributed by atoms with Crippen molar-refractivity contribution in [2.45, 2.75) is 13.8 Å². The monoisotopic (exact) mass is 362 g/mol. The smallest absolute Gasteiger partial charge is 0.228 e. The fraction of sp³-hybridized carbons (Fsp3) is 0.118. The number of carbonyl (C=O) groups excluding carboxylic acids is 1. The number of carbonyl (C=O) groups is 1. The maximum Gasteiger partial charge on any atom is 0.228 e. The second-order valence-corrected chi connectivity index (χ2v) is 6.28. The molecule has 3 rings (SSSR count). The Morgan fingerprint density at radius 3 is 2.43 bits per heavy atom. The van der Waals surface area contributed by atoms with Gasteiger partial charge in [-0.25, -0.2) is 0 Å². The fourth-order valence-electron chi connectivity index (χ4n) is 2.35. The van der Waals surface area contributed by atoms with E-state index in [4.69, 9.17) is 16.0 Å². The lowest BCUT2D eigenvalue weighted by molar-refractivity contribution is 0.101. The molecule has 4 heteroatoms. The molecule has 106 valence electrons. The highest BCUT2D eigenvalue weighted by Gasteiger charge is 2.16. The topological polar surface area (TPSA) is 30.2 Å². The van der Waals surface area contributed by atoms with Crippen LogP contribution in [0.2, 0.25) is 5.02 Å². The van der Waals surface area contributed by atoms with Crippen molar-refractivity contribution in [1.82, 2.24) is 0 Å². The summed E-state index contributed by atoms with van der Waals surface area (Å²) in [4.78, 5) is 12.6. The first-order valence-corrected chi connectivity index (χ1v) is 7.63. The van der Waals surface area contributed by atoms with Crippen LogP contribution in [0.25, 0.3) is 11.0 Å². The summed E-state index contributed by atoms with van der Waals surface area (Å²) in [6.45, 7) is 3.93. The zero-order valence-electron chi connectivity index (χ0n) is 11.5. The van der Waals surface area contributed by atoms with Crippen molar-refractivity contribution in [3.05, 3.63) is 68.3 Å². The first kappa shape index (κ1) is 14.4. The van der Waals surface area contributed by atoms with Gasteiger partial charge in [0.2, 0.25) is 5.78 Å². The summed E-state index contributed by atoms with van der Waals surface area (Å²) in [5.74, 6) is 0.203. The molecular weight excluding hydrogens is 352 g/mol. The van der Waals surface area contributed by atoms with Crippen LogP contribution in [0.4, 0.5) is 0 Å². The number of ketones is 1. The molecule has 0 radical (unpaired) electrons. The van der Waals surface area contributed by atoms with Gasteiger partial charge in [-0.2, -0.15) is 0 Å². The summed E-state index contributed by atoms with van der Waals surface area (Å²) in [5, 5.41) is 1.45. The molecule has 0 spiro atoms. The molecule has 0 aliphatic carbocycles. The quantitative estimate of drug-likeness (QED) is 0.547. The number of halogens is 2. The Hall–Kier alpha value is -1.58. The lowest BCUT2D eigenvalue weighted by atomic mass is 10.0. The van der Waals surface area contributed by atoms with E-state index in [9.17, 15) is 4.79 Å². The molecule has 0 aliphatic rings. The van der Waals surface area contributed by atoms with Crippen LogP contribution in [-0.2, 0) is 0 Å². The van der Waals surface area contributed by atoms with Crippen LogP contribution in [0.5, 0.6) is 0 Å². The van der Waals surface area contributed by atoms with Gasteiger partial charge >= 0.3 is 0 Å². The van der Waals surface area contributed by atoms with E-state index in [-0.39, 0.29) is 5.78 Å². The molecule has 21 heavy (non-hydrogen) atoms. The van der Waals surface area contributed by atoms with Crippen LogP contribution in [0.3, 0.4) is 0 Å². The molecule has 0 bridgehead atoms. The Bertz CT molecular complexity index is 841. The minimum absolute atomic E-state index is 0.124. The zero-order valence-corrected chi connectivity index (χ0v) is 13.9. The standard InChI is InChI=1S/C17H12BrClO2/c1-9-5-12(6-10(2)16(9)18)17(20)15-8-11-7-13(19)3-4-14(11)21-15/h3-8H,1-2H3. The van der Waals surface area contributed by atoms with Crippen LogP contribution in [0.15, 0.2) is 45.3 Å². The van der Waals surface area contributed by atoms with Crippen molar-refractivity contribution in [3.8, 4) is 0 Å². The van der Waals surface area contributed by atoms with Gasteiger partial charge in [-0.3, -0.25) is 4.79 Å². The Kier molecular flexibility index (Phi) is 3.64. The van der Waals surface area contributed by atoms with Gasteiger partial charge in [0, 0.05) is 20.4 Å². The van der Waals surface area contributed by atoms with Gasteiger partial charge in [0.1, 0.15) is 5.58 Å². The molecule has 1 heterocycles. The van der Waals surface area contributed by atoms with Gasteiger partial charge in [0.05, 0.1) is 0 Å². The maximum absolute atomic E-state index is 12.6. The highest BCUT2D eigenvalue weighted by molar-refractivity contribution is 9.10. The first-order valence-electron chi connectivity index (χ1n) is 6.46. The van der Waals surface area contributed by atoms with Crippen LogP contribution >= 0.6 is 27.5 Å².